The van der Waals surface area contributed by atoms with Crippen molar-refractivity contribution in [3.8, 4) is 5.75 Å². The summed E-state index contributed by atoms with van der Waals surface area (Å²) in [5.41, 5.74) is 2.58. The van der Waals surface area contributed by atoms with Gasteiger partial charge in [0.25, 0.3) is 0 Å². The molecule has 0 saturated heterocycles. The van der Waals surface area contributed by atoms with Crippen molar-refractivity contribution in [1.82, 2.24) is 0 Å². The van der Waals surface area contributed by atoms with Crippen LogP contribution in [0.1, 0.15) is 16.7 Å². The molecule has 0 aliphatic carbocycles. The van der Waals surface area contributed by atoms with E-state index in [1.54, 1.807) is 6.08 Å². The first-order valence-electron chi connectivity index (χ1n) is 4.07. The lowest BCUT2D eigenvalue weighted by Gasteiger charge is -2.04. The van der Waals surface area contributed by atoms with Crippen molar-refractivity contribution < 1.29 is 9.90 Å². The van der Waals surface area contributed by atoms with E-state index in [1.807, 2.05) is 26.0 Å². The first-order chi connectivity index (χ1) is 6.15. The number of aromatic hydroxyl groups is 1. The minimum Gasteiger partial charge on any atom is -0.507 e. The Balaban J connectivity index is 3.12. The summed E-state index contributed by atoms with van der Waals surface area (Å²) in [6.07, 6.45) is 3.88. The van der Waals surface area contributed by atoms with Gasteiger partial charge in [-0.2, -0.15) is 0 Å². The number of aldehydes is 1. The predicted octanol–water partition coefficient (Wildman–Crippen LogP) is 2.22. The van der Waals surface area contributed by atoms with E-state index in [2.05, 4.69) is 0 Å². The maximum absolute atomic E-state index is 10.1. The second-order valence-electron chi connectivity index (χ2n) is 3.00. The van der Waals surface area contributed by atoms with Crippen molar-refractivity contribution in [2.75, 3.05) is 0 Å². The van der Waals surface area contributed by atoms with Crippen LogP contribution in [-0.2, 0) is 4.79 Å². The number of carbonyl (C=O) groups excluding carboxylic acids is 1. The van der Waals surface area contributed by atoms with Gasteiger partial charge in [0.05, 0.1) is 0 Å². The fraction of sp³-hybridized carbons (Fsp3) is 0.182. The molecule has 1 N–H and O–H groups in total. The van der Waals surface area contributed by atoms with E-state index in [9.17, 15) is 9.90 Å². The molecule has 0 radical (unpaired) electrons. The van der Waals surface area contributed by atoms with Crippen molar-refractivity contribution in [3.05, 3.63) is 34.9 Å². The highest BCUT2D eigenvalue weighted by Gasteiger charge is 2.00. The third-order valence-electron chi connectivity index (χ3n) is 1.88. The molecule has 0 aromatic heterocycles. The van der Waals surface area contributed by atoms with Crippen LogP contribution in [0.4, 0.5) is 0 Å². The first kappa shape index (κ1) is 9.52. The Kier molecular flexibility index (Phi) is 2.85. The third-order valence-corrected chi connectivity index (χ3v) is 1.88. The van der Waals surface area contributed by atoms with Gasteiger partial charge in [-0.1, -0.05) is 6.08 Å². The number of allylic oxidation sites excluding steroid dienone is 1. The van der Waals surface area contributed by atoms with Gasteiger partial charge in [0.2, 0.25) is 0 Å². The van der Waals surface area contributed by atoms with Gasteiger partial charge in [-0.05, 0) is 48.7 Å². The van der Waals surface area contributed by atoms with Crippen LogP contribution in [0.3, 0.4) is 0 Å². The number of phenolic OH excluding ortho intramolecular Hbond substituents is 1. The average Bonchev–Trinajstić information content (AvgIpc) is 2.10. The molecule has 0 amide bonds. The Morgan fingerprint density at radius 3 is 2.23 bits per heavy atom. The van der Waals surface area contributed by atoms with Gasteiger partial charge in [0, 0.05) is 0 Å². The van der Waals surface area contributed by atoms with Crippen LogP contribution >= 0.6 is 0 Å². The molecule has 0 atom stereocenters. The van der Waals surface area contributed by atoms with Crippen LogP contribution in [0.25, 0.3) is 6.08 Å². The fourth-order valence-electron chi connectivity index (χ4n) is 1.24. The topological polar surface area (TPSA) is 37.3 Å². The van der Waals surface area contributed by atoms with Crippen LogP contribution in [-0.4, -0.2) is 11.4 Å². The number of hydrogen-bond donors (Lipinski definition) is 1. The lowest BCUT2D eigenvalue weighted by molar-refractivity contribution is -0.104. The van der Waals surface area contributed by atoms with Crippen LogP contribution in [0.5, 0.6) is 5.75 Å². The van der Waals surface area contributed by atoms with Crippen LogP contribution in [0.15, 0.2) is 18.2 Å². The molecule has 1 aromatic carbocycles. The molecule has 2 nitrogen and oxygen atoms in total. The minimum absolute atomic E-state index is 0.322. The van der Waals surface area contributed by atoms with E-state index < -0.39 is 0 Å². The third kappa shape index (κ3) is 2.18. The molecule has 0 heterocycles. The number of benzene rings is 1. The van der Waals surface area contributed by atoms with E-state index in [1.165, 1.54) is 6.08 Å². The van der Waals surface area contributed by atoms with Gasteiger partial charge in [-0.15, -0.1) is 0 Å². The maximum Gasteiger partial charge on any atom is 0.142 e. The summed E-state index contributed by atoms with van der Waals surface area (Å²) in [6.45, 7) is 3.67. The second-order valence-corrected chi connectivity index (χ2v) is 3.00. The van der Waals surface area contributed by atoms with Crippen LogP contribution in [0, 0.1) is 13.8 Å². The summed E-state index contributed by atoms with van der Waals surface area (Å²) < 4.78 is 0. The lowest BCUT2D eigenvalue weighted by atomic mass is 10.1. The SMILES string of the molecule is Cc1cc(C=CC=O)cc(C)c1O. The van der Waals surface area contributed by atoms with Gasteiger partial charge in [0.1, 0.15) is 12.0 Å². The molecule has 0 aliphatic heterocycles. The number of aryl methyl sites for hydroxylation is 2. The zero-order valence-corrected chi connectivity index (χ0v) is 7.74. The molecule has 13 heavy (non-hydrogen) atoms. The summed E-state index contributed by atoms with van der Waals surface area (Å²) >= 11 is 0. The second kappa shape index (κ2) is 3.90. The van der Waals surface area contributed by atoms with Crippen LogP contribution in [0.2, 0.25) is 0 Å². The van der Waals surface area contributed by atoms with Crippen molar-refractivity contribution in [2.24, 2.45) is 0 Å². The molecule has 1 aromatic rings. The molecule has 0 aliphatic rings. The van der Waals surface area contributed by atoms with Crippen molar-refractivity contribution in [1.29, 1.82) is 0 Å². The van der Waals surface area contributed by atoms with E-state index in [4.69, 9.17) is 0 Å². The summed E-state index contributed by atoms with van der Waals surface area (Å²) in [7, 11) is 0. The maximum atomic E-state index is 10.1. The Hall–Kier alpha value is -1.57. The summed E-state index contributed by atoms with van der Waals surface area (Å²) in [6, 6.07) is 3.67. The van der Waals surface area contributed by atoms with E-state index >= 15 is 0 Å². The van der Waals surface area contributed by atoms with Crippen molar-refractivity contribution in [2.45, 2.75) is 13.8 Å². The van der Waals surface area contributed by atoms with E-state index in [0.29, 0.717) is 5.75 Å². The lowest BCUT2D eigenvalue weighted by Crippen LogP contribution is -1.82. The number of phenols is 1. The summed E-state index contributed by atoms with van der Waals surface area (Å²) in [5.74, 6) is 0.322. The molecule has 0 fully saturated rings. The van der Waals surface area contributed by atoms with E-state index in [0.717, 1.165) is 23.0 Å². The van der Waals surface area contributed by atoms with Gasteiger partial charge in [-0.25, -0.2) is 0 Å². The zero-order chi connectivity index (χ0) is 9.84. The average molecular weight is 176 g/mol. The minimum atomic E-state index is 0.322. The van der Waals surface area contributed by atoms with E-state index in [-0.39, 0.29) is 0 Å². The fourth-order valence-corrected chi connectivity index (χ4v) is 1.24. The van der Waals surface area contributed by atoms with Crippen LogP contribution < -0.4 is 0 Å². The molecule has 68 valence electrons. The molecular weight excluding hydrogens is 164 g/mol. The Labute approximate surface area is 77.5 Å². The summed E-state index contributed by atoms with van der Waals surface area (Å²) in [5, 5.41) is 9.46. The quantitative estimate of drug-likeness (QED) is 0.554. The monoisotopic (exact) mass is 176 g/mol. The number of carbonyl (C=O) groups is 1. The number of rotatable bonds is 2. The Morgan fingerprint density at radius 1 is 1.23 bits per heavy atom. The smallest absolute Gasteiger partial charge is 0.142 e. The van der Waals surface area contributed by atoms with Gasteiger partial charge < -0.3 is 5.11 Å². The molecular formula is C11H12O2. The van der Waals surface area contributed by atoms with Gasteiger partial charge in [-0.3, -0.25) is 4.79 Å². The summed E-state index contributed by atoms with van der Waals surface area (Å²) in [4.78, 5) is 10.1. The molecule has 0 bridgehead atoms. The van der Waals surface area contributed by atoms with Gasteiger partial charge in [0.15, 0.2) is 0 Å². The zero-order valence-electron chi connectivity index (χ0n) is 7.74. The normalized spacial score (nSPS) is 10.6. The predicted molar refractivity (Wildman–Crippen MR) is 52.7 cm³/mol. The van der Waals surface area contributed by atoms with Crippen molar-refractivity contribution >= 4 is 12.4 Å². The molecule has 2 heteroatoms. The highest BCUT2D eigenvalue weighted by atomic mass is 16.3. The molecule has 0 saturated carbocycles. The Bertz CT molecular complexity index is 328. The standard InChI is InChI=1S/C11H12O2/c1-8-6-10(4-3-5-12)7-9(2)11(8)13/h3-7,13H,1-2H3. The molecule has 0 spiro atoms. The Morgan fingerprint density at radius 2 is 1.77 bits per heavy atom. The first-order valence-corrected chi connectivity index (χ1v) is 4.07. The van der Waals surface area contributed by atoms with Gasteiger partial charge >= 0.3 is 0 Å². The largest absolute Gasteiger partial charge is 0.507 e. The highest BCUT2D eigenvalue weighted by Crippen LogP contribution is 2.23. The molecule has 1 rings (SSSR count). The molecule has 0 unspecified atom stereocenters. The van der Waals surface area contributed by atoms with Crippen molar-refractivity contribution in [3.63, 3.8) is 0 Å². The highest BCUT2D eigenvalue weighted by molar-refractivity contribution is 5.74. The number of hydrogen-bond acceptors (Lipinski definition) is 2.